The lowest BCUT2D eigenvalue weighted by atomic mass is 10.1. The van der Waals surface area contributed by atoms with Gasteiger partial charge < -0.3 is 10.1 Å². The summed E-state index contributed by atoms with van der Waals surface area (Å²) in [7, 11) is 0. The summed E-state index contributed by atoms with van der Waals surface area (Å²) < 4.78 is 30.7. The number of alkyl halides is 2. The number of esters is 1. The van der Waals surface area contributed by atoms with Gasteiger partial charge in [0.05, 0.1) is 6.61 Å². The van der Waals surface area contributed by atoms with E-state index in [1.807, 2.05) is 13.0 Å². The van der Waals surface area contributed by atoms with Crippen LogP contribution in [0.3, 0.4) is 0 Å². The molecule has 0 amide bonds. The largest absolute Gasteiger partial charge is 0.463 e. The second kappa shape index (κ2) is 13.5. The predicted octanol–water partition coefficient (Wildman–Crippen LogP) is 6.42. The predicted molar refractivity (Wildman–Crippen MR) is 118 cm³/mol. The molecule has 0 bridgehead atoms. The molecule has 1 N–H and O–H groups in total. The maximum absolute atomic E-state index is 12.8. The molecule has 0 radical (unpaired) electrons. The fourth-order valence-electron chi connectivity index (χ4n) is 2.62. The molecule has 0 spiro atoms. The van der Waals surface area contributed by atoms with Crippen LogP contribution in [0, 0.1) is 0 Å². The number of benzene rings is 1. The zero-order chi connectivity index (χ0) is 21.8. The van der Waals surface area contributed by atoms with Crippen LogP contribution in [-0.4, -0.2) is 25.7 Å². The summed E-state index contributed by atoms with van der Waals surface area (Å²) in [6, 6.07) is 6.62. The molecule has 0 aromatic heterocycles. The standard InChI is InChI=1S/C23H33F2NO2S/c1-6-16(3)21(29-18(5)17(4)23(27)28-7-2)15-26-13-9-11-19-10-8-12-20(14-19)22(24)25/h8,10,12,14,22,26H,6-7,9,11,13,15H2,1-5H3/b18-17+,21-16+. The van der Waals surface area contributed by atoms with E-state index in [-0.39, 0.29) is 11.5 Å². The molecule has 29 heavy (non-hydrogen) atoms. The lowest BCUT2D eigenvalue weighted by Gasteiger charge is -2.14. The number of rotatable bonds is 12. The van der Waals surface area contributed by atoms with Gasteiger partial charge in [0.15, 0.2) is 0 Å². The van der Waals surface area contributed by atoms with Gasteiger partial charge in [0.2, 0.25) is 0 Å². The van der Waals surface area contributed by atoms with Crippen LogP contribution in [0.4, 0.5) is 8.78 Å². The van der Waals surface area contributed by atoms with Crippen LogP contribution in [0.5, 0.6) is 0 Å². The van der Waals surface area contributed by atoms with Crippen molar-refractivity contribution >= 4 is 17.7 Å². The van der Waals surface area contributed by atoms with Crippen molar-refractivity contribution in [2.75, 3.05) is 19.7 Å². The van der Waals surface area contributed by atoms with Crippen molar-refractivity contribution < 1.29 is 18.3 Å². The highest BCUT2D eigenvalue weighted by Gasteiger charge is 2.12. The van der Waals surface area contributed by atoms with Gasteiger partial charge in [0.1, 0.15) is 0 Å². The van der Waals surface area contributed by atoms with Crippen LogP contribution in [0.25, 0.3) is 0 Å². The van der Waals surface area contributed by atoms with Crippen LogP contribution >= 0.6 is 11.8 Å². The van der Waals surface area contributed by atoms with Gasteiger partial charge >= 0.3 is 5.97 Å². The van der Waals surface area contributed by atoms with Gasteiger partial charge in [0, 0.05) is 22.6 Å². The Morgan fingerprint density at radius 3 is 2.55 bits per heavy atom. The Balaban J connectivity index is 2.58. The van der Waals surface area contributed by atoms with Gasteiger partial charge in [-0.25, -0.2) is 13.6 Å². The third kappa shape index (κ3) is 9.13. The molecule has 0 aliphatic rings. The smallest absolute Gasteiger partial charge is 0.334 e. The zero-order valence-corrected chi connectivity index (χ0v) is 18.9. The van der Waals surface area contributed by atoms with Gasteiger partial charge in [0.25, 0.3) is 6.43 Å². The summed E-state index contributed by atoms with van der Waals surface area (Å²) in [6.07, 6.45) is 0.139. The Hall–Kier alpha value is -1.66. The first kappa shape index (κ1) is 25.4. The summed E-state index contributed by atoms with van der Waals surface area (Å²) in [6.45, 7) is 11.6. The number of allylic oxidation sites excluding steroid dienone is 2. The molecule has 0 saturated carbocycles. The van der Waals surface area contributed by atoms with Crippen molar-refractivity contribution in [3.8, 4) is 0 Å². The molecule has 0 aliphatic heterocycles. The van der Waals surface area contributed by atoms with Crippen molar-refractivity contribution in [2.45, 2.75) is 60.3 Å². The minimum atomic E-state index is -2.43. The number of nitrogens with one attached hydrogen (secondary N) is 1. The fraction of sp³-hybridized carbons (Fsp3) is 0.522. The van der Waals surface area contributed by atoms with Crippen LogP contribution < -0.4 is 5.32 Å². The summed E-state index contributed by atoms with van der Waals surface area (Å²) in [5.41, 5.74) is 2.93. The number of aryl methyl sites for hydroxylation is 1. The number of carbonyl (C=O) groups excluding carboxylic acids is 1. The van der Waals surface area contributed by atoms with Gasteiger partial charge in [-0.1, -0.05) is 48.5 Å². The maximum Gasteiger partial charge on any atom is 0.334 e. The summed E-state index contributed by atoms with van der Waals surface area (Å²) >= 11 is 1.61. The molecule has 1 aromatic rings. The Morgan fingerprint density at radius 1 is 1.21 bits per heavy atom. The summed E-state index contributed by atoms with van der Waals surface area (Å²) in [5.74, 6) is -0.273. The second-order valence-electron chi connectivity index (χ2n) is 6.89. The minimum absolute atomic E-state index is 0.0786. The molecule has 0 atom stereocenters. The minimum Gasteiger partial charge on any atom is -0.463 e. The Morgan fingerprint density at radius 2 is 1.93 bits per heavy atom. The summed E-state index contributed by atoms with van der Waals surface area (Å²) in [5, 5.41) is 3.44. The van der Waals surface area contributed by atoms with E-state index in [9.17, 15) is 13.6 Å². The van der Waals surface area contributed by atoms with Crippen LogP contribution in [0.2, 0.25) is 0 Å². The van der Waals surface area contributed by atoms with E-state index in [0.717, 1.165) is 42.8 Å². The molecular formula is C23H33F2NO2S. The van der Waals surface area contributed by atoms with Crippen LogP contribution in [0.15, 0.2) is 45.2 Å². The number of hydrogen-bond acceptors (Lipinski definition) is 4. The SMILES string of the molecule is CCOC(=O)/C(C)=C(\C)S/C(CNCCCc1cccc(C(F)F)c1)=C(\C)CC. The number of ether oxygens (including phenoxy) is 1. The van der Waals surface area contributed by atoms with E-state index in [2.05, 4.69) is 19.2 Å². The highest BCUT2D eigenvalue weighted by atomic mass is 32.2. The number of hydrogen-bond donors (Lipinski definition) is 1. The molecule has 0 heterocycles. The molecule has 0 aliphatic carbocycles. The third-order valence-electron chi connectivity index (χ3n) is 4.70. The zero-order valence-electron chi connectivity index (χ0n) is 18.1. The highest BCUT2D eigenvalue weighted by Crippen LogP contribution is 2.30. The molecule has 3 nitrogen and oxygen atoms in total. The van der Waals surface area contributed by atoms with E-state index < -0.39 is 6.43 Å². The van der Waals surface area contributed by atoms with Gasteiger partial charge in [-0.05, 0) is 64.0 Å². The van der Waals surface area contributed by atoms with Crippen molar-refractivity contribution in [3.05, 3.63) is 56.3 Å². The first-order valence-electron chi connectivity index (χ1n) is 10.1. The average Bonchev–Trinajstić information content (AvgIpc) is 2.71. The molecule has 162 valence electrons. The third-order valence-corrected chi connectivity index (χ3v) is 6.05. The van der Waals surface area contributed by atoms with Crippen molar-refractivity contribution in [3.63, 3.8) is 0 Å². The van der Waals surface area contributed by atoms with E-state index >= 15 is 0 Å². The Labute approximate surface area is 178 Å². The lowest BCUT2D eigenvalue weighted by Crippen LogP contribution is -2.19. The highest BCUT2D eigenvalue weighted by molar-refractivity contribution is 8.06. The van der Waals surface area contributed by atoms with E-state index in [1.54, 1.807) is 37.7 Å². The molecule has 0 saturated heterocycles. The molecule has 6 heteroatoms. The number of thioether (sulfide) groups is 1. The van der Waals surface area contributed by atoms with Gasteiger partial charge in [-0.15, -0.1) is 0 Å². The Kier molecular flexibility index (Phi) is 11.9. The Bertz CT molecular complexity index is 729. The van der Waals surface area contributed by atoms with E-state index in [0.29, 0.717) is 12.2 Å². The monoisotopic (exact) mass is 425 g/mol. The normalized spacial score (nSPS) is 13.2. The quantitative estimate of drug-likeness (QED) is 0.238. The lowest BCUT2D eigenvalue weighted by molar-refractivity contribution is -0.138. The van der Waals surface area contributed by atoms with Crippen LogP contribution in [0.1, 0.15) is 65.0 Å². The number of carbonyl (C=O) groups is 1. The van der Waals surface area contributed by atoms with Crippen molar-refractivity contribution in [1.82, 2.24) is 5.32 Å². The first-order chi connectivity index (χ1) is 13.8. The van der Waals surface area contributed by atoms with Crippen molar-refractivity contribution in [1.29, 1.82) is 0 Å². The van der Waals surface area contributed by atoms with Crippen LogP contribution in [-0.2, 0) is 16.0 Å². The van der Waals surface area contributed by atoms with Gasteiger partial charge in [-0.3, -0.25) is 0 Å². The molecule has 0 fully saturated rings. The fourth-order valence-corrected chi connectivity index (χ4v) is 3.72. The van der Waals surface area contributed by atoms with E-state index in [1.165, 1.54) is 16.5 Å². The second-order valence-corrected chi connectivity index (χ2v) is 8.20. The molecule has 1 rings (SSSR count). The number of halogens is 2. The van der Waals surface area contributed by atoms with E-state index in [4.69, 9.17) is 4.74 Å². The molecule has 0 unspecified atom stereocenters. The van der Waals surface area contributed by atoms with Gasteiger partial charge in [-0.2, -0.15) is 0 Å². The summed E-state index contributed by atoms with van der Waals surface area (Å²) in [4.78, 5) is 14.1. The molecular weight excluding hydrogens is 392 g/mol. The molecule has 1 aromatic carbocycles. The maximum atomic E-state index is 12.8. The average molecular weight is 426 g/mol. The first-order valence-corrected chi connectivity index (χ1v) is 10.9. The van der Waals surface area contributed by atoms with Crippen molar-refractivity contribution in [2.24, 2.45) is 0 Å². The topological polar surface area (TPSA) is 38.3 Å².